The monoisotopic (exact) mass is 410 g/mol. The summed E-state index contributed by atoms with van der Waals surface area (Å²) in [6.45, 7) is 7.27. The molecule has 1 N–H and O–H groups in total. The molecule has 158 valence electrons. The molecule has 1 aromatic carbocycles. The third-order valence-electron chi connectivity index (χ3n) is 5.72. The van der Waals surface area contributed by atoms with Crippen LogP contribution in [0.3, 0.4) is 0 Å². The fourth-order valence-corrected chi connectivity index (χ4v) is 3.96. The van der Waals surface area contributed by atoms with Crippen molar-refractivity contribution in [2.24, 2.45) is 0 Å². The number of esters is 1. The van der Waals surface area contributed by atoms with Crippen LogP contribution in [0.5, 0.6) is 0 Å². The van der Waals surface area contributed by atoms with Gasteiger partial charge in [-0.2, -0.15) is 13.2 Å². The van der Waals surface area contributed by atoms with Crippen LogP contribution in [-0.2, 0) is 27.0 Å². The minimum Gasteiger partial charge on any atom is -0.450 e. The number of hydrogen-bond donors (Lipinski definition) is 1. The van der Waals surface area contributed by atoms with Crippen molar-refractivity contribution >= 4 is 11.9 Å². The summed E-state index contributed by atoms with van der Waals surface area (Å²) in [5.41, 5.74) is -0.474. The Balaban J connectivity index is 1.71. The lowest BCUT2D eigenvalue weighted by Gasteiger charge is -2.40. The number of carbonyl (C=O) groups excluding carboxylic acids is 2. The summed E-state index contributed by atoms with van der Waals surface area (Å²) in [4.78, 5) is 27.4. The van der Waals surface area contributed by atoms with E-state index < -0.39 is 29.2 Å². The van der Waals surface area contributed by atoms with E-state index in [2.05, 4.69) is 24.1 Å². The number of piperidine rings is 1. The molecule has 3 rings (SSSR count). The van der Waals surface area contributed by atoms with Crippen molar-refractivity contribution in [3.63, 3.8) is 0 Å². The molecule has 0 saturated carbocycles. The SMILES string of the molecule is CC1=C(C(=O)NCc2ccc(C(F)(F)F)cc2)C2(CCN(C(C)C)CC2)OC1=O. The molecule has 0 unspecified atom stereocenters. The number of alkyl halides is 3. The molecular weight excluding hydrogens is 385 g/mol. The van der Waals surface area contributed by atoms with Crippen LogP contribution in [0, 0.1) is 0 Å². The van der Waals surface area contributed by atoms with Crippen molar-refractivity contribution in [3.05, 3.63) is 46.5 Å². The average Bonchev–Trinajstić information content (AvgIpc) is 2.89. The number of nitrogens with one attached hydrogen (secondary N) is 1. The Hall–Kier alpha value is -2.35. The van der Waals surface area contributed by atoms with Crippen molar-refractivity contribution in [1.29, 1.82) is 0 Å². The first-order valence-corrected chi connectivity index (χ1v) is 9.66. The third-order valence-corrected chi connectivity index (χ3v) is 5.72. The van der Waals surface area contributed by atoms with E-state index in [0.717, 1.165) is 12.1 Å². The minimum atomic E-state index is -4.40. The summed E-state index contributed by atoms with van der Waals surface area (Å²) < 4.78 is 43.7. The molecule has 0 radical (unpaired) electrons. The molecule has 2 aliphatic rings. The molecule has 2 heterocycles. The first kappa shape index (κ1) is 21.4. The topological polar surface area (TPSA) is 58.6 Å². The van der Waals surface area contributed by atoms with Crippen LogP contribution in [0.15, 0.2) is 35.4 Å². The smallest absolute Gasteiger partial charge is 0.416 e. The Kier molecular flexibility index (Phi) is 5.76. The first-order valence-electron chi connectivity index (χ1n) is 9.66. The fourth-order valence-electron chi connectivity index (χ4n) is 3.96. The zero-order valence-corrected chi connectivity index (χ0v) is 16.7. The van der Waals surface area contributed by atoms with Crippen molar-refractivity contribution in [2.45, 2.75) is 58.0 Å². The molecule has 1 spiro atoms. The molecule has 1 amide bonds. The Morgan fingerprint density at radius 3 is 2.31 bits per heavy atom. The van der Waals surface area contributed by atoms with Crippen LogP contribution < -0.4 is 5.32 Å². The van der Waals surface area contributed by atoms with E-state index in [0.29, 0.717) is 48.7 Å². The number of hydrogen-bond acceptors (Lipinski definition) is 4. The van der Waals surface area contributed by atoms with Crippen molar-refractivity contribution in [3.8, 4) is 0 Å². The largest absolute Gasteiger partial charge is 0.450 e. The maximum atomic E-state index is 12.9. The van der Waals surface area contributed by atoms with E-state index >= 15 is 0 Å². The second kappa shape index (κ2) is 7.82. The van der Waals surface area contributed by atoms with Gasteiger partial charge in [0.05, 0.1) is 11.1 Å². The predicted molar refractivity (Wildman–Crippen MR) is 101 cm³/mol. The van der Waals surface area contributed by atoms with Crippen LogP contribution in [-0.4, -0.2) is 41.5 Å². The fraction of sp³-hybridized carbons (Fsp3) is 0.524. The van der Waals surface area contributed by atoms with Gasteiger partial charge in [0, 0.05) is 44.1 Å². The molecule has 5 nitrogen and oxygen atoms in total. The maximum absolute atomic E-state index is 12.9. The lowest BCUT2D eigenvalue weighted by Crippen LogP contribution is -2.50. The second-order valence-corrected chi connectivity index (χ2v) is 7.89. The molecule has 1 saturated heterocycles. The molecule has 1 aromatic rings. The van der Waals surface area contributed by atoms with E-state index in [-0.39, 0.29) is 6.54 Å². The molecule has 0 aromatic heterocycles. The van der Waals surface area contributed by atoms with Crippen LogP contribution in [0.25, 0.3) is 0 Å². The Morgan fingerprint density at radius 2 is 1.79 bits per heavy atom. The third kappa shape index (κ3) is 4.32. The standard InChI is InChI=1S/C21H25F3N2O3/c1-13(2)26-10-8-20(9-11-26)17(14(3)19(28)29-20)18(27)25-12-15-4-6-16(7-5-15)21(22,23)24/h4-7,13H,8-12H2,1-3H3,(H,25,27). The zero-order valence-electron chi connectivity index (χ0n) is 16.7. The average molecular weight is 410 g/mol. The van der Waals surface area contributed by atoms with E-state index in [4.69, 9.17) is 4.74 Å². The van der Waals surface area contributed by atoms with Crippen molar-refractivity contribution < 1.29 is 27.5 Å². The number of halogens is 3. The molecular formula is C21H25F3N2O3. The first-order chi connectivity index (χ1) is 13.5. The van der Waals surface area contributed by atoms with E-state index in [1.54, 1.807) is 6.92 Å². The molecule has 1 fully saturated rings. The summed E-state index contributed by atoms with van der Waals surface area (Å²) in [7, 11) is 0. The number of rotatable bonds is 4. The highest BCUT2D eigenvalue weighted by Crippen LogP contribution is 2.41. The number of likely N-dealkylation sites (tertiary alicyclic amines) is 1. The van der Waals surface area contributed by atoms with Gasteiger partial charge in [-0.1, -0.05) is 12.1 Å². The highest BCUT2D eigenvalue weighted by Gasteiger charge is 2.50. The van der Waals surface area contributed by atoms with Gasteiger partial charge in [-0.3, -0.25) is 4.79 Å². The van der Waals surface area contributed by atoms with Crippen molar-refractivity contribution in [2.75, 3.05) is 13.1 Å². The molecule has 0 atom stereocenters. The van der Waals surface area contributed by atoms with Crippen LogP contribution in [0.4, 0.5) is 13.2 Å². The summed E-state index contributed by atoms with van der Waals surface area (Å²) >= 11 is 0. The van der Waals surface area contributed by atoms with Gasteiger partial charge in [-0.25, -0.2) is 4.79 Å². The molecule has 29 heavy (non-hydrogen) atoms. The Morgan fingerprint density at radius 1 is 1.21 bits per heavy atom. The molecule has 8 heteroatoms. The van der Waals surface area contributed by atoms with E-state index in [1.165, 1.54) is 12.1 Å². The predicted octanol–water partition coefficient (Wildman–Crippen LogP) is 3.44. The van der Waals surface area contributed by atoms with E-state index in [1.807, 2.05) is 0 Å². The summed E-state index contributed by atoms with van der Waals surface area (Å²) in [6, 6.07) is 5.00. The van der Waals surface area contributed by atoms with Gasteiger partial charge in [-0.05, 0) is 38.5 Å². The van der Waals surface area contributed by atoms with Gasteiger partial charge in [0.2, 0.25) is 0 Å². The highest BCUT2D eigenvalue weighted by atomic mass is 19.4. The maximum Gasteiger partial charge on any atom is 0.416 e. The number of amides is 1. The Labute approximate surface area is 167 Å². The zero-order chi connectivity index (χ0) is 21.4. The summed E-state index contributed by atoms with van der Waals surface area (Å²) in [6.07, 6.45) is -3.32. The summed E-state index contributed by atoms with van der Waals surface area (Å²) in [5.74, 6) is -0.895. The number of nitrogens with zero attached hydrogens (tertiary/aromatic N) is 1. The lowest BCUT2D eigenvalue weighted by molar-refractivity contribution is -0.151. The van der Waals surface area contributed by atoms with Crippen LogP contribution in [0.1, 0.15) is 44.7 Å². The molecule has 0 bridgehead atoms. The quantitative estimate of drug-likeness (QED) is 0.773. The second-order valence-electron chi connectivity index (χ2n) is 7.89. The van der Waals surface area contributed by atoms with E-state index in [9.17, 15) is 22.8 Å². The van der Waals surface area contributed by atoms with Gasteiger partial charge in [-0.15, -0.1) is 0 Å². The van der Waals surface area contributed by atoms with Crippen LogP contribution in [0.2, 0.25) is 0 Å². The van der Waals surface area contributed by atoms with Crippen molar-refractivity contribution in [1.82, 2.24) is 10.2 Å². The normalized spacial score (nSPS) is 19.8. The van der Waals surface area contributed by atoms with Gasteiger partial charge < -0.3 is 15.0 Å². The van der Waals surface area contributed by atoms with Gasteiger partial charge in [0.15, 0.2) is 0 Å². The minimum absolute atomic E-state index is 0.0656. The number of benzene rings is 1. The molecule has 2 aliphatic heterocycles. The number of carbonyl (C=O) groups is 2. The van der Waals surface area contributed by atoms with Gasteiger partial charge >= 0.3 is 12.1 Å². The van der Waals surface area contributed by atoms with Gasteiger partial charge in [0.1, 0.15) is 5.60 Å². The van der Waals surface area contributed by atoms with Gasteiger partial charge in [0.25, 0.3) is 5.91 Å². The Bertz CT molecular complexity index is 821. The molecule has 0 aliphatic carbocycles. The highest BCUT2D eigenvalue weighted by molar-refractivity contribution is 6.07. The summed E-state index contributed by atoms with van der Waals surface area (Å²) in [5, 5.41) is 2.73. The number of ether oxygens (including phenoxy) is 1. The van der Waals surface area contributed by atoms with Crippen LogP contribution >= 0.6 is 0 Å². The lowest BCUT2D eigenvalue weighted by atomic mass is 9.82.